The van der Waals surface area contributed by atoms with E-state index in [2.05, 4.69) is 0 Å². The molecule has 2 rings (SSSR count). The molecule has 3 N–H and O–H groups in total. The lowest BCUT2D eigenvalue weighted by Crippen LogP contribution is -2.45. The summed E-state index contributed by atoms with van der Waals surface area (Å²) in [7, 11) is -4.28. The fourth-order valence-corrected chi connectivity index (χ4v) is 3.91. The molecule has 0 saturated carbocycles. The number of rotatable bonds is 2. The Morgan fingerprint density at radius 1 is 1.35 bits per heavy atom. The predicted octanol–water partition coefficient (Wildman–Crippen LogP) is 0.938. The molecular formula is C12H16F2N2O3S. The summed E-state index contributed by atoms with van der Waals surface area (Å²) in [4.78, 5) is -0.990. The number of benzene rings is 1. The average Bonchev–Trinajstić information content (AvgIpc) is 2.30. The Morgan fingerprint density at radius 2 is 1.90 bits per heavy atom. The van der Waals surface area contributed by atoms with E-state index in [9.17, 15) is 22.3 Å². The first kappa shape index (κ1) is 15.1. The molecule has 1 heterocycles. The second kappa shape index (κ2) is 5.27. The Morgan fingerprint density at radius 3 is 2.40 bits per heavy atom. The van der Waals surface area contributed by atoms with Crippen molar-refractivity contribution in [2.45, 2.75) is 24.3 Å². The topological polar surface area (TPSA) is 83.6 Å². The van der Waals surface area contributed by atoms with E-state index >= 15 is 0 Å². The minimum Gasteiger partial charge on any atom is -0.399 e. The van der Waals surface area contributed by atoms with Gasteiger partial charge in [0, 0.05) is 18.8 Å². The van der Waals surface area contributed by atoms with Crippen LogP contribution in [0, 0.1) is 17.6 Å². The van der Waals surface area contributed by atoms with Crippen molar-refractivity contribution in [2.75, 3.05) is 18.8 Å². The Bertz CT molecular complexity index is 598. The summed E-state index contributed by atoms with van der Waals surface area (Å²) in [6, 6.07) is 1.55. The number of nitrogens with two attached hydrogens (primary N) is 1. The van der Waals surface area contributed by atoms with Crippen molar-refractivity contribution in [1.82, 2.24) is 4.31 Å². The number of hydrogen-bond donors (Lipinski definition) is 2. The summed E-state index contributed by atoms with van der Waals surface area (Å²) >= 11 is 0. The number of aliphatic hydroxyl groups excluding tert-OH is 1. The first-order chi connectivity index (χ1) is 9.23. The fourth-order valence-electron chi connectivity index (χ4n) is 2.27. The number of nitrogen functional groups attached to an aromatic ring is 1. The molecule has 20 heavy (non-hydrogen) atoms. The van der Waals surface area contributed by atoms with Gasteiger partial charge in [0.25, 0.3) is 0 Å². The van der Waals surface area contributed by atoms with Crippen LogP contribution in [0.4, 0.5) is 14.5 Å². The summed E-state index contributed by atoms with van der Waals surface area (Å²) in [6.07, 6.45) is -0.374. The van der Waals surface area contributed by atoms with Crippen LogP contribution in [0.25, 0.3) is 0 Å². The molecule has 0 spiro atoms. The van der Waals surface area contributed by atoms with Crippen LogP contribution in [0.5, 0.6) is 0 Å². The van der Waals surface area contributed by atoms with Crippen molar-refractivity contribution in [2.24, 2.45) is 5.92 Å². The molecule has 5 nitrogen and oxygen atoms in total. The largest absolute Gasteiger partial charge is 0.399 e. The Hall–Kier alpha value is -1.25. The summed E-state index contributed by atoms with van der Waals surface area (Å²) in [5.41, 5.74) is 5.09. The molecular weight excluding hydrogens is 290 g/mol. The van der Waals surface area contributed by atoms with E-state index in [4.69, 9.17) is 5.73 Å². The van der Waals surface area contributed by atoms with Crippen LogP contribution in [-0.4, -0.2) is 37.0 Å². The van der Waals surface area contributed by atoms with Gasteiger partial charge in [0.15, 0.2) is 4.90 Å². The number of hydrogen-bond acceptors (Lipinski definition) is 4. The van der Waals surface area contributed by atoms with Crippen LogP contribution >= 0.6 is 0 Å². The molecule has 112 valence electrons. The zero-order valence-electron chi connectivity index (χ0n) is 10.9. The minimum atomic E-state index is -4.28. The summed E-state index contributed by atoms with van der Waals surface area (Å²) < 4.78 is 53.1. The zero-order valence-corrected chi connectivity index (χ0v) is 11.7. The molecule has 1 fully saturated rings. The highest BCUT2D eigenvalue weighted by Gasteiger charge is 2.36. The Kier molecular flexibility index (Phi) is 3.99. The molecule has 0 bridgehead atoms. The molecule has 1 aromatic rings. The number of aliphatic hydroxyl groups is 1. The van der Waals surface area contributed by atoms with Crippen LogP contribution in [-0.2, 0) is 10.0 Å². The van der Waals surface area contributed by atoms with Gasteiger partial charge < -0.3 is 10.8 Å². The molecule has 0 radical (unpaired) electrons. The van der Waals surface area contributed by atoms with Gasteiger partial charge in [0.05, 0.1) is 6.10 Å². The van der Waals surface area contributed by atoms with E-state index < -0.39 is 32.7 Å². The third kappa shape index (κ3) is 2.63. The van der Waals surface area contributed by atoms with Crippen molar-refractivity contribution >= 4 is 15.7 Å². The molecule has 8 heteroatoms. The van der Waals surface area contributed by atoms with Gasteiger partial charge in [-0.2, -0.15) is 4.31 Å². The standard InChI is InChI=1S/C12H16F2N2O3S/c1-7-6-16(3-2-11(7)17)20(18,19)12-9(13)4-8(15)5-10(12)14/h4-5,7,11,17H,2-3,6,15H2,1H3. The van der Waals surface area contributed by atoms with Crippen molar-refractivity contribution in [3.05, 3.63) is 23.8 Å². The monoisotopic (exact) mass is 306 g/mol. The first-order valence-corrected chi connectivity index (χ1v) is 7.60. The van der Waals surface area contributed by atoms with Gasteiger partial charge in [-0.25, -0.2) is 17.2 Å². The van der Waals surface area contributed by atoms with Crippen molar-refractivity contribution in [3.8, 4) is 0 Å². The molecule has 0 amide bonds. The van der Waals surface area contributed by atoms with Gasteiger partial charge in [-0.15, -0.1) is 0 Å². The molecule has 0 aromatic heterocycles. The molecule has 0 aliphatic carbocycles. The van der Waals surface area contributed by atoms with E-state index in [1.54, 1.807) is 6.92 Å². The smallest absolute Gasteiger partial charge is 0.248 e. The lowest BCUT2D eigenvalue weighted by atomic mass is 9.99. The lowest BCUT2D eigenvalue weighted by Gasteiger charge is -2.33. The molecule has 2 atom stereocenters. The number of halogens is 2. The van der Waals surface area contributed by atoms with E-state index in [1.807, 2.05) is 0 Å². The molecule has 1 aliphatic rings. The second-order valence-electron chi connectivity index (χ2n) is 5.01. The number of anilines is 1. The number of sulfonamides is 1. The Balaban J connectivity index is 2.41. The van der Waals surface area contributed by atoms with Gasteiger partial charge in [-0.3, -0.25) is 0 Å². The average molecular weight is 306 g/mol. The summed E-state index contributed by atoms with van der Waals surface area (Å²) in [6.45, 7) is 1.73. The first-order valence-electron chi connectivity index (χ1n) is 6.16. The van der Waals surface area contributed by atoms with Gasteiger partial charge in [-0.1, -0.05) is 6.92 Å². The Labute approximate surface area is 116 Å². The van der Waals surface area contributed by atoms with Crippen LogP contribution in [0.1, 0.15) is 13.3 Å². The molecule has 2 unspecified atom stereocenters. The van der Waals surface area contributed by atoms with Crippen LogP contribution in [0.2, 0.25) is 0 Å². The van der Waals surface area contributed by atoms with Gasteiger partial charge >= 0.3 is 0 Å². The minimum absolute atomic E-state index is 0.0206. The maximum atomic E-state index is 13.8. The highest BCUT2D eigenvalue weighted by molar-refractivity contribution is 7.89. The maximum Gasteiger partial charge on any atom is 0.248 e. The van der Waals surface area contributed by atoms with Crippen molar-refractivity contribution in [1.29, 1.82) is 0 Å². The third-order valence-electron chi connectivity index (χ3n) is 3.44. The lowest BCUT2D eigenvalue weighted by molar-refractivity contribution is 0.0627. The van der Waals surface area contributed by atoms with Gasteiger partial charge in [-0.05, 0) is 24.5 Å². The van der Waals surface area contributed by atoms with E-state index in [0.29, 0.717) is 0 Å². The third-order valence-corrected chi connectivity index (χ3v) is 5.36. The van der Waals surface area contributed by atoms with Gasteiger partial charge in [0.2, 0.25) is 10.0 Å². The van der Waals surface area contributed by atoms with Crippen molar-refractivity contribution in [3.63, 3.8) is 0 Å². The normalized spacial score (nSPS) is 24.8. The second-order valence-corrected chi connectivity index (χ2v) is 6.88. The highest BCUT2D eigenvalue weighted by atomic mass is 32.2. The summed E-state index contributed by atoms with van der Waals surface area (Å²) in [5, 5.41) is 9.59. The fraction of sp³-hybridized carbons (Fsp3) is 0.500. The molecule has 1 saturated heterocycles. The van der Waals surface area contributed by atoms with E-state index in [0.717, 1.165) is 16.4 Å². The van der Waals surface area contributed by atoms with Crippen LogP contribution < -0.4 is 5.73 Å². The van der Waals surface area contributed by atoms with Gasteiger partial charge in [0.1, 0.15) is 11.6 Å². The quantitative estimate of drug-likeness (QED) is 0.797. The number of piperidine rings is 1. The van der Waals surface area contributed by atoms with E-state index in [1.165, 1.54) is 0 Å². The maximum absolute atomic E-state index is 13.8. The molecule has 1 aliphatic heterocycles. The highest BCUT2D eigenvalue weighted by Crippen LogP contribution is 2.28. The predicted molar refractivity (Wildman–Crippen MR) is 69.3 cm³/mol. The zero-order chi connectivity index (χ0) is 15.1. The number of nitrogens with zero attached hydrogens (tertiary/aromatic N) is 1. The van der Waals surface area contributed by atoms with Crippen LogP contribution in [0.3, 0.4) is 0 Å². The van der Waals surface area contributed by atoms with E-state index in [-0.39, 0.29) is 31.1 Å². The van der Waals surface area contributed by atoms with Crippen LogP contribution in [0.15, 0.2) is 17.0 Å². The SMILES string of the molecule is CC1CN(S(=O)(=O)c2c(F)cc(N)cc2F)CCC1O. The summed E-state index contributed by atoms with van der Waals surface area (Å²) in [5.74, 6) is -2.71. The molecule has 1 aromatic carbocycles. The van der Waals surface area contributed by atoms with Crippen molar-refractivity contribution < 1.29 is 22.3 Å².